The van der Waals surface area contributed by atoms with Crippen LogP contribution < -0.4 is 14.8 Å². The number of sulfonamides is 1. The zero-order valence-electron chi connectivity index (χ0n) is 17.0. The Morgan fingerprint density at radius 3 is 2.16 bits per heavy atom. The number of rotatable bonds is 9. The summed E-state index contributed by atoms with van der Waals surface area (Å²) in [5.74, 6) is 0.566. The number of hydrogen-bond acceptors (Lipinski definition) is 4. The van der Waals surface area contributed by atoms with Crippen LogP contribution in [0.1, 0.15) is 34.3 Å². The molecular weight excluding hydrogens is 412 g/mol. The first-order chi connectivity index (χ1) is 15.0. The SMILES string of the molecule is O=C(NCc1ccc(COc2ccccc2)cc1)c1ccc(S(=O)(=O)NC2CC2)cc1. The number of carbonyl (C=O) groups excluding carboxylic acids is 1. The molecule has 1 saturated carbocycles. The normalized spacial score (nSPS) is 13.5. The maximum Gasteiger partial charge on any atom is 0.251 e. The Kier molecular flexibility index (Phi) is 6.34. The largest absolute Gasteiger partial charge is 0.489 e. The number of nitrogens with one attached hydrogen (secondary N) is 2. The van der Waals surface area contributed by atoms with Crippen molar-refractivity contribution in [3.63, 3.8) is 0 Å². The van der Waals surface area contributed by atoms with Gasteiger partial charge in [0.05, 0.1) is 4.90 Å². The first-order valence-electron chi connectivity index (χ1n) is 10.2. The van der Waals surface area contributed by atoms with Gasteiger partial charge in [-0.3, -0.25) is 4.79 Å². The van der Waals surface area contributed by atoms with Crippen LogP contribution in [0.4, 0.5) is 0 Å². The molecule has 0 atom stereocenters. The highest BCUT2D eigenvalue weighted by Gasteiger charge is 2.27. The van der Waals surface area contributed by atoms with Gasteiger partial charge in [0.25, 0.3) is 5.91 Å². The van der Waals surface area contributed by atoms with E-state index in [0.717, 1.165) is 29.7 Å². The fraction of sp³-hybridized carbons (Fsp3) is 0.208. The fourth-order valence-corrected chi connectivity index (χ4v) is 4.30. The number of carbonyl (C=O) groups is 1. The molecule has 31 heavy (non-hydrogen) atoms. The third-order valence-electron chi connectivity index (χ3n) is 4.95. The van der Waals surface area contributed by atoms with Crippen molar-refractivity contribution in [1.82, 2.24) is 10.0 Å². The maximum atomic E-state index is 12.4. The summed E-state index contributed by atoms with van der Waals surface area (Å²) in [7, 11) is -3.51. The minimum atomic E-state index is -3.51. The first-order valence-corrected chi connectivity index (χ1v) is 11.6. The molecular formula is C24H24N2O4S. The quantitative estimate of drug-likeness (QED) is 0.536. The van der Waals surface area contributed by atoms with Crippen molar-refractivity contribution in [2.24, 2.45) is 0 Å². The van der Waals surface area contributed by atoms with Gasteiger partial charge in [0.1, 0.15) is 12.4 Å². The standard InChI is InChI=1S/C24H24N2O4S/c27-24(20-10-14-23(15-11-20)31(28,29)26-21-12-13-21)25-16-18-6-8-19(9-7-18)17-30-22-4-2-1-3-5-22/h1-11,14-15,21,26H,12-13,16-17H2,(H,25,27). The summed E-state index contributed by atoms with van der Waals surface area (Å²) in [4.78, 5) is 12.6. The molecule has 7 heteroatoms. The monoisotopic (exact) mass is 436 g/mol. The van der Waals surface area contributed by atoms with E-state index in [0.29, 0.717) is 18.7 Å². The van der Waals surface area contributed by atoms with Gasteiger partial charge in [0, 0.05) is 18.2 Å². The van der Waals surface area contributed by atoms with E-state index in [9.17, 15) is 13.2 Å². The lowest BCUT2D eigenvalue weighted by molar-refractivity contribution is 0.0951. The van der Waals surface area contributed by atoms with Crippen molar-refractivity contribution in [2.75, 3.05) is 0 Å². The zero-order chi connectivity index (χ0) is 21.7. The Balaban J connectivity index is 1.28. The number of para-hydroxylation sites is 1. The van der Waals surface area contributed by atoms with Crippen LogP contribution in [-0.4, -0.2) is 20.4 Å². The van der Waals surface area contributed by atoms with E-state index in [4.69, 9.17) is 4.74 Å². The van der Waals surface area contributed by atoms with Crippen molar-refractivity contribution in [1.29, 1.82) is 0 Å². The van der Waals surface area contributed by atoms with Crippen LogP contribution in [0.5, 0.6) is 5.75 Å². The van der Waals surface area contributed by atoms with Gasteiger partial charge < -0.3 is 10.1 Å². The Bertz CT molecular complexity index is 1120. The summed E-state index contributed by atoms with van der Waals surface area (Å²) in [6.07, 6.45) is 1.75. The van der Waals surface area contributed by atoms with E-state index < -0.39 is 10.0 Å². The molecule has 1 aliphatic carbocycles. The van der Waals surface area contributed by atoms with E-state index >= 15 is 0 Å². The number of ether oxygens (including phenoxy) is 1. The lowest BCUT2D eigenvalue weighted by Gasteiger charge is -2.09. The predicted octanol–water partition coefficient (Wildman–Crippen LogP) is 3.64. The molecule has 0 spiro atoms. The highest BCUT2D eigenvalue weighted by atomic mass is 32.2. The fourth-order valence-electron chi connectivity index (χ4n) is 3.00. The van der Waals surface area contributed by atoms with Gasteiger partial charge in [0.2, 0.25) is 10.0 Å². The summed E-state index contributed by atoms with van der Waals surface area (Å²) in [6, 6.07) is 23.5. The molecule has 6 nitrogen and oxygen atoms in total. The molecule has 0 heterocycles. The molecule has 0 unspecified atom stereocenters. The van der Waals surface area contributed by atoms with E-state index in [2.05, 4.69) is 10.0 Å². The molecule has 0 aliphatic heterocycles. The molecule has 0 saturated heterocycles. The second-order valence-corrected chi connectivity index (χ2v) is 9.23. The van der Waals surface area contributed by atoms with Crippen molar-refractivity contribution < 1.29 is 17.9 Å². The summed E-state index contributed by atoms with van der Waals surface area (Å²) in [6.45, 7) is 0.851. The highest BCUT2D eigenvalue weighted by molar-refractivity contribution is 7.89. The second-order valence-electron chi connectivity index (χ2n) is 7.52. The number of hydrogen-bond donors (Lipinski definition) is 2. The molecule has 3 aromatic rings. The van der Waals surface area contributed by atoms with Crippen LogP contribution in [0.25, 0.3) is 0 Å². The topological polar surface area (TPSA) is 84.5 Å². The van der Waals surface area contributed by atoms with Crippen LogP contribution in [0, 0.1) is 0 Å². The Morgan fingerprint density at radius 2 is 1.52 bits per heavy atom. The molecule has 2 N–H and O–H groups in total. The van der Waals surface area contributed by atoms with Gasteiger partial charge in [-0.25, -0.2) is 13.1 Å². The number of amides is 1. The average molecular weight is 437 g/mol. The summed E-state index contributed by atoms with van der Waals surface area (Å²) in [5, 5.41) is 2.86. The van der Waals surface area contributed by atoms with Gasteiger partial charge in [0.15, 0.2) is 0 Å². The second kappa shape index (κ2) is 9.32. The molecule has 0 aromatic heterocycles. The average Bonchev–Trinajstić information content (AvgIpc) is 3.61. The molecule has 160 valence electrons. The third-order valence-corrected chi connectivity index (χ3v) is 6.49. The first kappa shape index (κ1) is 21.1. The molecule has 4 rings (SSSR count). The summed E-state index contributed by atoms with van der Waals surface area (Å²) in [5.41, 5.74) is 2.42. The van der Waals surface area contributed by atoms with E-state index in [-0.39, 0.29) is 16.8 Å². The van der Waals surface area contributed by atoms with Crippen LogP contribution in [0.2, 0.25) is 0 Å². The van der Waals surface area contributed by atoms with Gasteiger partial charge in [-0.1, -0.05) is 42.5 Å². The molecule has 1 fully saturated rings. The van der Waals surface area contributed by atoms with E-state index in [1.807, 2.05) is 54.6 Å². The minimum absolute atomic E-state index is 0.0456. The molecule has 3 aromatic carbocycles. The van der Waals surface area contributed by atoms with Gasteiger partial charge in [-0.15, -0.1) is 0 Å². The lowest BCUT2D eigenvalue weighted by Crippen LogP contribution is -2.26. The van der Waals surface area contributed by atoms with Gasteiger partial charge in [-0.2, -0.15) is 0 Å². The predicted molar refractivity (Wildman–Crippen MR) is 118 cm³/mol. The Labute approximate surface area is 182 Å². The highest BCUT2D eigenvalue weighted by Crippen LogP contribution is 2.22. The maximum absolute atomic E-state index is 12.4. The van der Waals surface area contributed by atoms with Crippen LogP contribution in [0.3, 0.4) is 0 Å². The van der Waals surface area contributed by atoms with E-state index in [1.165, 1.54) is 24.3 Å². The summed E-state index contributed by atoms with van der Waals surface area (Å²) < 4.78 is 32.8. The molecule has 0 bridgehead atoms. The van der Waals surface area contributed by atoms with Gasteiger partial charge in [-0.05, 0) is 60.4 Å². The van der Waals surface area contributed by atoms with Crippen molar-refractivity contribution in [3.05, 3.63) is 95.6 Å². The molecule has 0 radical (unpaired) electrons. The molecule has 1 amide bonds. The lowest BCUT2D eigenvalue weighted by atomic mass is 10.1. The van der Waals surface area contributed by atoms with Crippen LogP contribution >= 0.6 is 0 Å². The Hall–Kier alpha value is -3.16. The number of benzene rings is 3. The van der Waals surface area contributed by atoms with Crippen molar-refractivity contribution >= 4 is 15.9 Å². The zero-order valence-corrected chi connectivity index (χ0v) is 17.8. The van der Waals surface area contributed by atoms with Gasteiger partial charge >= 0.3 is 0 Å². The van der Waals surface area contributed by atoms with Crippen LogP contribution in [0.15, 0.2) is 83.8 Å². The summed E-state index contributed by atoms with van der Waals surface area (Å²) >= 11 is 0. The molecule has 1 aliphatic rings. The minimum Gasteiger partial charge on any atom is -0.489 e. The third kappa shape index (κ3) is 5.93. The van der Waals surface area contributed by atoms with Crippen molar-refractivity contribution in [2.45, 2.75) is 36.9 Å². The van der Waals surface area contributed by atoms with Crippen LogP contribution in [-0.2, 0) is 23.2 Å². The Morgan fingerprint density at radius 1 is 0.871 bits per heavy atom. The smallest absolute Gasteiger partial charge is 0.251 e. The van der Waals surface area contributed by atoms with Crippen molar-refractivity contribution in [3.8, 4) is 5.75 Å². The van der Waals surface area contributed by atoms with E-state index in [1.54, 1.807) is 0 Å².